The van der Waals surface area contributed by atoms with E-state index in [1.165, 1.54) is 11.1 Å². The van der Waals surface area contributed by atoms with Crippen molar-refractivity contribution in [2.75, 3.05) is 11.9 Å². The van der Waals surface area contributed by atoms with E-state index < -0.39 is 10.8 Å². The number of nitrogens with one attached hydrogen (secondary N) is 2. The SMILES string of the molecule is Cc1cc(NC(=O)C(C)(C)CC(C)(C)C(=O)NCC(C)(C)CC(C)(C)C(C)C)ccc1C(C)(C)CC(C)C. The van der Waals surface area contributed by atoms with E-state index >= 15 is 0 Å². The molecular weight excluding hydrogens is 468 g/mol. The van der Waals surface area contributed by atoms with Gasteiger partial charge in [0.05, 0.1) is 0 Å². The van der Waals surface area contributed by atoms with Crippen molar-refractivity contribution in [1.82, 2.24) is 5.32 Å². The minimum Gasteiger partial charge on any atom is -0.355 e. The maximum absolute atomic E-state index is 13.4. The molecular formula is C34H60N2O2. The van der Waals surface area contributed by atoms with Gasteiger partial charge in [-0.25, -0.2) is 0 Å². The summed E-state index contributed by atoms with van der Waals surface area (Å²) >= 11 is 0. The second kappa shape index (κ2) is 12.1. The van der Waals surface area contributed by atoms with Crippen LogP contribution in [0.4, 0.5) is 5.69 Å². The molecule has 0 aliphatic rings. The van der Waals surface area contributed by atoms with Crippen LogP contribution in [0.25, 0.3) is 0 Å². The van der Waals surface area contributed by atoms with E-state index in [2.05, 4.69) is 98.9 Å². The molecule has 0 aliphatic carbocycles. The molecule has 0 unspecified atom stereocenters. The molecule has 0 atom stereocenters. The van der Waals surface area contributed by atoms with Crippen LogP contribution in [0.1, 0.15) is 127 Å². The number of carbonyl (C=O) groups is 2. The first kappa shape index (κ1) is 34.2. The van der Waals surface area contributed by atoms with Crippen LogP contribution in [0.3, 0.4) is 0 Å². The van der Waals surface area contributed by atoms with Crippen LogP contribution in [-0.4, -0.2) is 18.4 Å². The molecule has 0 aliphatic heterocycles. The van der Waals surface area contributed by atoms with Gasteiger partial charge < -0.3 is 10.6 Å². The standard InChI is InChI=1S/C34H60N2O2/c1-23(2)19-31(8,9)27-17-16-26(18-25(27)5)36-29(38)34(14,15)21-33(12,13)28(37)35-22-30(6,7)20-32(10,11)24(3)4/h16-18,23-24H,19-22H2,1-15H3,(H,35,37)(H,36,38). The molecule has 0 radical (unpaired) electrons. The molecule has 218 valence electrons. The van der Waals surface area contributed by atoms with Gasteiger partial charge in [-0.2, -0.15) is 0 Å². The normalized spacial score (nSPS) is 13.7. The number of rotatable bonds is 13. The number of aryl methyl sites for hydroxylation is 1. The van der Waals surface area contributed by atoms with Gasteiger partial charge in [-0.05, 0) is 77.5 Å². The molecule has 1 rings (SSSR count). The molecule has 4 heteroatoms. The molecule has 0 bridgehead atoms. The van der Waals surface area contributed by atoms with E-state index in [4.69, 9.17) is 0 Å². The molecule has 0 fully saturated rings. The Kier molecular flexibility index (Phi) is 10.9. The summed E-state index contributed by atoms with van der Waals surface area (Å²) in [6, 6.07) is 6.24. The fourth-order valence-corrected chi connectivity index (χ4v) is 6.26. The maximum atomic E-state index is 13.4. The summed E-state index contributed by atoms with van der Waals surface area (Å²) in [5.41, 5.74) is 2.20. The Morgan fingerprint density at radius 3 is 1.79 bits per heavy atom. The Morgan fingerprint density at radius 2 is 1.32 bits per heavy atom. The van der Waals surface area contributed by atoms with Crippen LogP contribution in [0.15, 0.2) is 18.2 Å². The zero-order valence-corrected chi connectivity index (χ0v) is 27.5. The highest BCUT2D eigenvalue weighted by molar-refractivity contribution is 5.95. The van der Waals surface area contributed by atoms with Crippen molar-refractivity contribution in [3.8, 4) is 0 Å². The highest BCUT2D eigenvalue weighted by atomic mass is 16.2. The Hall–Kier alpha value is -1.84. The van der Waals surface area contributed by atoms with E-state index in [9.17, 15) is 9.59 Å². The number of carbonyl (C=O) groups excluding carboxylic acids is 2. The van der Waals surface area contributed by atoms with Crippen molar-refractivity contribution in [3.63, 3.8) is 0 Å². The molecule has 0 saturated heterocycles. The summed E-state index contributed by atoms with van der Waals surface area (Å²) in [5, 5.41) is 6.33. The van der Waals surface area contributed by atoms with Gasteiger partial charge in [0.1, 0.15) is 0 Å². The fourth-order valence-electron chi connectivity index (χ4n) is 6.26. The second-order valence-electron chi connectivity index (χ2n) is 16.1. The third-order valence-corrected chi connectivity index (χ3v) is 8.47. The average molecular weight is 529 g/mol. The summed E-state index contributed by atoms with van der Waals surface area (Å²) in [6.45, 7) is 33.1. The number of hydrogen-bond donors (Lipinski definition) is 2. The minimum atomic E-state index is -0.709. The average Bonchev–Trinajstić information content (AvgIpc) is 2.69. The molecule has 1 aromatic rings. The number of amides is 2. The van der Waals surface area contributed by atoms with Gasteiger partial charge >= 0.3 is 0 Å². The smallest absolute Gasteiger partial charge is 0.230 e. The van der Waals surface area contributed by atoms with Gasteiger partial charge in [0, 0.05) is 23.1 Å². The quantitative estimate of drug-likeness (QED) is 0.268. The lowest BCUT2D eigenvalue weighted by Gasteiger charge is -2.39. The Balaban J connectivity index is 2.89. The van der Waals surface area contributed by atoms with E-state index in [0.717, 1.165) is 18.5 Å². The largest absolute Gasteiger partial charge is 0.355 e. The minimum absolute atomic E-state index is 0.00128. The fraction of sp³-hybridized carbons (Fsp3) is 0.765. The van der Waals surface area contributed by atoms with Crippen LogP contribution in [0.2, 0.25) is 0 Å². The van der Waals surface area contributed by atoms with Crippen molar-refractivity contribution in [2.24, 2.45) is 33.5 Å². The number of benzene rings is 1. The van der Waals surface area contributed by atoms with E-state index in [0.29, 0.717) is 24.8 Å². The van der Waals surface area contributed by atoms with E-state index in [1.807, 2.05) is 33.8 Å². The monoisotopic (exact) mass is 528 g/mol. The van der Waals surface area contributed by atoms with Gasteiger partial charge in [0.25, 0.3) is 0 Å². The van der Waals surface area contributed by atoms with E-state index in [1.54, 1.807) is 0 Å². The van der Waals surface area contributed by atoms with Gasteiger partial charge in [-0.1, -0.05) is 103 Å². The predicted octanol–water partition coefficient (Wildman–Crippen LogP) is 8.91. The first-order valence-electron chi connectivity index (χ1n) is 14.6. The number of anilines is 1. The van der Waals surface area contributed by atoms with Crippen molar-refractivity contribution < 1.29 is 9.59 Å². The maximum Gasteiger partial charge on any atom is 0.230 e. The van der Waals surface area contributed by atoms with Crippen LogP contribution in [0, 0.1) is 40.4 Å². The Labute approximate surface area is 235 Å². The zero-order chi connectivity index (χ0) is 29.9. The predicted molar refractivity (Wildman–Crippen MR) is 164 cm³/mol. The van der Waals surface area contributed by atoms with Crippen molar-refractivity contribution >= 4 is 17.5 Å². The molecule has 0 saturated carbocycles. The van der Waals surface area contributed by atoms with Crippen molar-refractivity contribution in [2.45, 2.75) is 129 Å². The van der Waals surface area contributed by atoms with Crippen molar-refractivity contribution in [1.29, 1.82) is 0 Å². The lowest BCUT2D eigenvalue weighted by molar-refractivity contribution is -0.134. The molecule has 0 spiro atoms. The summed E-state index contributed by atoms with van der Waals surface area (Å²) in [5.74, 6) is 1.12. The highest BCUT2D eigenvalue weighted by Gasteiger charge is 2.40. The summed E-state index contributed by atoms with van der Waals surface area (Å²) in [4.78, 5) is 26.6. The van der Waals surface area contributed by atoms with Crippen molar-refractivity contribution in [3.05, 3.63) is 29.3 Å². The summed E-state index contributed by atoms with van der Waals surface area (Å²) < 4.78 is 0. The summed E-state index contributed by atoms with van der Waals surface area (Å²) in [7, 11) is 0. The molecule has 4 nitrogen and oxygen atoms in total. The summed E-state index contributed by atoms with van der Waals surface area (Å²) in [6.07, 6.45) is 2.59. The third-order valence-electron chi connectivity index (χ3n) is 8.47. The van der Waals surface area contributed by atoms with Gasteiger partial charge in [-0.15, -0.1) is 0 Å². The van der Waals surface area contributed by atoms with Crippen LogP contribution in [-0.2, 0) is 15.0 Å². The molecule has 0 aromatic heterocycles. The van der Waals surface area contributed by atoms with Gasteiger partial charge in [0.2, 0.25) is 11.8 Å². The Bertz CT molecular complexity index is 965. The van der Waals surface area contributed by atoms with Crippen LogP contribution >= 0.6 is 0 Å². The molecule has 38 heavy (non-hydrogen) atoms. The first-order chi connectivity index (χ1) is 16.9. The van der Waals surface area contributed by atoms with Crippen LogP contribution in [0.5, 0.6) is 0 Å². The van der Waals surface area contributed by atoms with Gasteiger partial charge in [-0.3, -0.25) is 9.59 Å². The third kappa shape index (κ3) is 9.72. The molecule has 0 heterocycles. The highest BCUT2D eigenvalue weighted by Crippen LogP contribution is 2.40. The molecule has 1 aromatic carbocycles. The zero-order valence-electron chi connectivity index (χ0n) is 27.5. The van der Waals surface area contributed by atoms with Crippen LogP contribution < -0.4 is 10.6 Å². The first-order valence-corrected chi connectivity index (χ1v) is 14.6. The molecule has 2 amide bonds. The lowest BCUT2D eigenvalue weighted by atomic mass is 9.69. The van der Waals surface area contributed by atoms with E-state index in [-0.39, 0.29) is 28.1 Å². The van der Waals surface area contributed by atoms with Gasteiger partial charge in [0.15, 0.2) is 0 Å². The Morgan fingerprint density at radius 1 is 0.789 bits per heavy atom. The topological polar surface area (TPSA) is 58.2 Å². The lowest BCUT2D eigenvalue weighted by Crippen LogP contribution is -2.46. The second-order valence-corrected chi connectivity index (χ2v) is 16.1. The number of hydrogen-bond acceptors (Lipinski definition) is 2. The molecule has 2 N–H and O–H groups in total.